The molecule has 2 nitrogen and oxygen atoms in total. The SMILES string of the molecule is Cc1nc2c(s1)C(C)CNCC2. The number of aromatic nitrogens is 1. The summed E-state index contributed by atoms with van der Waals surface area (Å²) in [5.74, 6) is 0.647. The van der Waals surface area contributed by atoms with Crippen LogP contribution in [0, 0.1) is 6.92 Å². The first kappa shape index (κ1) is 8.20. The average molecular weight is 182 g/mol. The molecule has 0 spiro atoms. The van der Waals surface area contributed by atoms with Crippen molar-refractivity contribution in [3.8, 4) is 0 Å². The molecule has 0 fully saturated rings. The van der Waals surface area contributed by atoms with Crippen LogP contribution in [-0.4, -0.2) is 18.1 Å². The van der Waals surface area contributed by atoms with Crippen LogP contribution in [0.4, 0.5) is 0 Å². The molecule has 0 aromatic carbocycles. The summed E-state index contributed by atoms with van der Waals surface area (Å²) < 4.78 is 0. The topological polar surface area (TPSA) is 24.9 Å². The molecular weight excluding hydrogens is 168 g/mol. The van der Waals surface area contributed by atoms with Gasteiger partial charge >= 0.3 is 0 Å². The lowest BCUT2D eigenvalue weighted by molar-refractivity contribution is 0.647. The van der Waals surface area contributed by atoms with Gasteiger partial charge in [0.2, 0.25) is 0 Å². The van der Waals surface area contributed by atoms with Crippen molar-refractivity contribution in [1.82, 2.24) is 10.3 Å². The van der Waals surface area contributed by atoms with E-state index in [1.54, 1.807) is 0 Å². The van der Waals surface area contributed by atoms with Crippen molar-refractivity contribution in [2.45, 2.75) is 26.2 Å². The highest BCUT2D eigenvalue weighted by atomic mass is 32.1. The number of nitrogens with zero attached hydrogens (tertiary/aromatic N) is 1. The highest BCUT2D eigenvalue weighted by Gasteiger charge is 2.17. The van der Waals surface area contributed by atoms with E-state index in [4.69, 9.17) is 0 Å². The average Bonchev–Trinajstić information content (AvgIpc) is 2.33. The second-order valence-corrected chi connectivity index (χ2v) is 4.63. The summed E-state index contributed by atoms with van der Waals surface area (Å²) in [6.45, 7) is 6.56. The van der Waals surface area contributed by atoms with Gasteiger partial charge in [-0.2, -0.15) is 0 Å². The molecule has 0 bridgehead atoms. The fourth-order valence-corrected chi connectivity index (χ4v) is 2.69. The van der Waals surface area contributed by atoms with Crippen LogP contribution in [0.5, 0.6) is 0 Å². The lowest BCUT2D eigenvalue weighted by Gasteiger charge is -2.05. The molecule has 0 saturated carbocycles. The minimum Gasteiger partial charge on any atom is -0.316 e. The van der Waals surface area contributed by atoms with Crippen molar-refractivity contribution in [2.24, 2.45) is 0 Å². The largest absolute Gasteiger partial charge is 0.316 e. The first-order valence-corrected chi connectivity index (χ1v) is 5.26. The van der Waals surface area contributed by atoms with Gasteiger partial charge in [0.1, 0.15) is 0 Å². The van der Waals surface area contributed by atoms with Crippen molar-refractivity contribution in [3.05, 3.63) is 15.6 Å². The number of fused-ring (bicyclic) bond motifs is 1. The molecule has 0 amide bonds. The molecule has 0 radical (unpaired) electrons. The van der Waals surface area contributed by atoms with E-state index < -0.39 is 0 Å². The normalized spacial score (nSPS) is 23.3. The molecule has 1 N–H and O–H groups in total. The molecule has 2 heterocycles. The lowest BCUT2D eigenvalue weighted by Crippen LogP contribution is -2.18. The zero-order chi connectivity index (χ0) is 8.55. The number of hydrogen-bond donors (Lipinski definition) is 1. The molecule has 3 heteroatoms. The summed E-state index contributed by atoms with van der Waals surface area (Å²) in [4.78, 5) is 6.04. The summed E-state index contributed by atoms with van der Waals surface area (Å²) >= 11 is 1.86. The number of hydrogen-bond acceptors (Lipinski definition) is 3. The fraction of sp³-hybridized carbons (Fsp3) is 0.667. The molecule has 1 aromatic heterocycles. The molecule has 0 aliphatic carbocycles. The van der Waals surface area contributed by atoms with Crippen molar-refractivity contribution in [2.75, 3.05) is 13.1 Å². The van der Waals surface area contributed by atoms with Crippen LogP contribution in [-0.2, 0) is 6.42 Å². The van der Waals surface area contributed by atoms with E-state index in [1.165, 1.54) is 15.6 Å². The summed E-state index contributed by atoms with van der Waals surface area (Å²) in [6, 6.07) is 0. The third kappa shape index (κ3) is 1.39. The van der Waals surface area contributed by atoms with Gasteiger partial charge in [0.05, 0.1) is 10.7 Å². The number of nitrogens with one attached hydrogen (secondary N) is 1. The van der Waals surface area contributed by atoms with E-state index in [0.717, 1.165) is 19.5 Å². The Morgan fingerprint density at radius 1 is 1.58 bits per heavy atom. The van der Waals surface area contributed by atoms with E-state index in [-0.39, 0.29) is 0 Å². The number of aryl methyl sites for hydroxylation is 1. The van der Waals surface area contributed by atoms with E-state index in [9.17, 15) is 0 Å². The third-order valence-electron chi connectivity index (χ3n) is 2.27. The van der Waals surface area contributed by atoms with Gasteiger partial charge in [-0.1, -0.05) is 6.92 Å². The summed E-state index contributed by atoms with van der Waals surface area (Å²) in [5, 5.41) is 4.63. The van der Waals surface area contributed by atoms with Gasteiger partial charge in [0, 0.05) is 30.3 Å². The van der Waals surface area contributed by atoms with Crippen molar-refractivity contribution >= 4 is 11.3 Å². The smallest absolute Gasteiger partial charge is 0.0900 e. The standard InChI is InChI=1S/C9H14N2S/c1-6-5-10-4-3-8-9(6)12-7(2)11-8/h6,10H,3-5H2,1-2H3. The second-order valence-electron chi connectivity index (χ2n) is 3.40. The fourth-order valence-electron chi connectivity index (χ4n) is 1.67. The Balaban J connectivity index is 2.38. The highest BCUT2D eigenvalue weighted by molar-refractivity contribution is 7.11. The van der Waals surface area contributed by atoms with Crippen LogP contribution in [0.3, 0.4) is 0 Å². The van der Waals surface area contributed by atoms with Crippen LogP contribution < -0.4 is 5.32 Å². The Bertz CT molecular complexity index is 280. The third-order valence-corrected chi connectivity index (χ3v) is 3.52. The molecule has 1 unspecified atom stereocenters. The summed E-state index contributed by atoms with van der Waals surface area (Å²) in [6.07, 6.45) is 1.10. The van der Waals surface area contributed by atoms with Crippen LogP contribution in [0.1, 0.15) is 28.4 Å². The maximum absolute atomic E-state index is 4.54. The van der Waals surface area contributed by atoms with Crippen LogP contribution in [0.2, 0.25) is 0 Å². The van der Waals surface area contributed by atoms with Crippen molar-refractivity contribution in [3.63, 3.8) is 0 Å². The monoisotopic (exact) mass is 182 g/mol. The molecule has 1 atom stereocenters. The summed E-state index contributed by atoms with van der Waals surface area (Å²) in [7, 11) is 0. The molecular formula is C9H14N2S. The first-order chi connectivity index (χ1) is 5.77. The Labute approximate surface area is 77.0 Å². The summed E-state index contributed by atoms with van der Waals surface area (Å²) in [5.41, 5.74) is 1.33. The van der Waals surface area contributed by atoms with E-state index in [2.05, 4.69) is 24.1 Å². The quantitative estimate of drug-likeness (QED) is 0.660. The molecule has 1 aliphatic rings. The Kier molecular flexibility index (Phi) is 2.15. The van der Waals surface area contributed by atoms with E-state index >= 15 is 0 Å². The predicted molar refractivity (Wildman–Crippen MR) is 51.8 cm³/mol. The minimum absolute atomic E-state index is 0.647. The van der Waals surface area contributed by atoms with Gasteiger partial charge in [-0.25, -0.2) is 4.98 Å². The number of rotatable bonds is 0. The first-order valence-electron chi connectivity index (χ1n) is 4.44. The highest BCUT2D eigenvalue weighted by Crippen LogP contribution is 2.27. The Hall–Kier alpha value is -0.410. The van der Waals surface area contributed by atoms with E-state index in [1.807, 2.05) is 11.3 Å². The van der Waals surface area contributed by atoms with Gasteiger partial charge in [-0.15, -0.1) is 11.3 Å². The Morgan fingerprint density at radius 2 is 2.42 bits per heavy atom. The van der Waals surface area contributed by atoms with Crippen LogP contribution in [0.25, 0.3) is 0 Å². The maximum atomic E-state index is 4.54. The second kappa shape index (κ2) is 3.15. The molecule has 66 valence electrons. The zero-order valence-corrected chi connectivity index (χ0v) is 8.37. The number of thiazole rings is 1. The van der Waals surface area contributed by atoms with Gasteiger partial charge < -0.3 is 5.32 Å². The van der Waals surface area contributed by atoms with Crippen molar-refractivity contribution in [1.29, 1.82) is 0 Å². The van der Waals surface area contributed by atoms with Gasteiger partial charge in [0.25, 0.3) is 0 Å². The maximum Gasteiger partial charge on any atom is 0.0900 e. The van der Waals surface area contributed by atoms with Gasteiger partial charge in [-0.05, 0) is 6.92 Å². The van der Waals surface area contributed by atoms with E-state index in [0.29, 0.717) is 5.92 Å². The predicted octanol–water partition coefficient (Wildman–Crippen LogP) is 1.70. The zero-order valence-electron chi connectivity index (χ0n) is 7.55. The lowest BCUT2D eigenvalue weighted by atomic mass is 10.1. The minimum atomic E-state index is 0.647. The molecule has 1 aromatic rings. The molecule has 1 aliphatic heterocycles. The molecule has 12 heavy (non-hydrogen) atoms. The molecule has 2 rings (SSSR count). The van der Waals surface area contributed by atoms with Gasteiger partial charge in [0.15, 0.2) is 0 Å². The molecule has 0 saturated heterocycles. The Morgan fingerprint density at radius 3 is 3.25 bits per heavy atom. The van der Waals surface area contributed by atoms with Crippen LogP contribution >= 0.6 is 11.3 Å². The van der Waals surface area contributed by atoms with Crippen LogP contribution in [0.15, 0.2) is 0 Å². The van der Waals surface area contributed by atoms with Gasteiger partial charge in [-0.3, -0.25) is 0 Å². The van der Waals surface area contributed by atoms with Crippen molar-refractivity contribution < 1.29 is 0 Å².